The molecular weight excluding hydrogens is 316 g/mol. The van der Waals surface area contributed by atoms with Crippen LogP contribution < -0.4 is 5.32 Å². The van der Waals surface area contributed by atoms with Gasteiger partial charge in [-0.1, -0.05) is 54.8 Å². The predicted octanol–water partition coefficient (Wildman–Crippen LogP) is 3.62. The Morgan fingerprint density at radius 1 is 1.24 bits per heavy atom. The van der Waals surface area contributed by atoms with Crippen molar-refractivity contribution in [2.45, 2.75) is 64.1 Å². The average molecular weight is 342 g/mol. The molecule has 1 aliphatic rings. The average Bonchev–Trinajstić information content (AvgIpc) is 3.05. The number of hydrogen-bond acceptors (Lipinski definition) is 4. The molecule has 6 heteroatoms. The summed E-state index contributed by atoms with van der Waals surface area (Å²) in [5.74, 6) is 0. The first-order valence-electron chi connectivity index (χ1n) is 8.97. The molecule has 1 saturated carbocycles. The van der Waals surface area contributed by atoms with E-state index in [1.165, 1.54) is 19.3 Å². The van der Waals surface area contributed by atoms with E-state index < -0.39 is 5.60 Å². The van der Waals surface area contributed by atoms with Gasteiger partial charge in [-0.25, -0.2) is 9.48 Å². The van der Waals surface area contributed by atoms with E-state index in [0.717, 1.165) is 18.4 Å². The Hall–Kier alpha value is -2.37. The molecule has 1 aliphatic carbocycles. The number of rotatable bonds is 5. The van der Waals surface area contributed by atoms with Crippen molar-refractivity contribution in [2.24, 2.45) is 0 Å². The van der Waals surface area contributed by atoms with E-state index in [9.17, 15) is 4.79 Å². The molecular formula is C19H26N4O2. The highest BCUT2D eigenvalue weighted by atomic mass is 16.6. The SMILES string of the molecule is CC(C)(OC(=O)NC1CCCCC1)c1cn(Cc2ccccc2)nn1. The van der Waals surface area contributed by atoms with Crippen LogP contribution in [0.1, 0.15) is 57.2 Å². The molecule has 0 unspecified atom stereocenters. The summed E-state index contributed by atoms with van der Waals surface area (Å²) in [6.07, 6.45) is 7.11. The third-order valence-corrected chi connectivity index (χ3v) is 4.62. The third-order valence-electron chi connectivity index (χ3n) is 4.62. The van der Waals surface area contributed by atoms with Crippen LogP contribution in [-0.4, -0.2) is 27.1 Å². The van der Waals surface area contributed by atoms with E-state index in [1.807, 2.05) is 50.4 Å². The minimum atomic E-state index is -0.826. The predicted molar refractivity (Wildman–Crippen MR) is 95.1 cm³/mol. The lowest BCUT2D eigenvalue weighted by Gasteiger charge is -2.26. The lowest BCUT2D eigenvalue weighted by molar-refractivity contribution is 0.0302. The number of nitrogens with one attached hydrogen (secondary N) is 1. The number of hydrogen-bond donors (Lipinski definition) is 1. The van der Waals surface area contributed by atoms with Crippen LogP contribution in [0.4, 0.5) is 4.79 Å². The maximum absolute atomic E-state index is 12.2. The second kappa shape index (κ2) is 7.68. The molecule has 1 aromatic heterocycles. The molecule has 1 amide bonds. The van der Waals surface area contributed by atoms with Gasteiger partial charge in [-0.2, -0.15) is 0 Å². The van der Waals surface area contributed by atoms with Gasteiger partial charge >= 0.3 is 6.09 Å². The van der Waals surface area contributed by atoms with E-state index >= 15 is 0 Å². The summed E-state index contributed by atoms with van der Waals surface area (Å²) in [4.78, 5) is 12.2. The van der Waals surface area contributed by atoms with Gasteiger partial charge in [0.1, 0.15) is 5.69 Å². The van der Waals surface area contributed by atoms with Crippen LogP contribution in [0.5, 0.6) is 0 Å². The third kappa shape index (κ3) is 4.81. The molecule has 0 bridgehead atoms. The van der Waals surface area contributed by atoms with Gasteiger partial charge in [0.2, 0.25) is 0 Å². The number of nitrogens with zero attached hydrogens (tertiary/aromatic N) is 3. The van der Waals surface area contributed by atoms with Crippen molar-refractivity contribution in [3.8, 4) is 0 Å². The van der Waals surface area contributed by atoms with Crippen LogP contribution in [-0.2, 0) is 16.9 Å². The number of alkyl carbamates (subject to hydrolysis) is 1. The molecule has 0 aliphatic heterocycles. The zero-order valence-corrected chi connectivity index (χ0v) is 14.9. The van der Waals surface area contributed by atoms with Crippen molar-refractivity contribution >= 4 is 6.09 Å². The number of amides is 1. The summed E-state index contributed by atoms with van der Waals surface area (Å²) < 4.78 is 7.38. The summed E-state index contributed by atoms with van der Waals surface area (Å²) in [5, 5.41) is 11.3. The highest BCUT2D eigenvalue weighted by Crippen LogP contribution is 2.23. The molecule has 1 heterocycles. The van der Waals surface area contributed by atoms with Gasteiger partial charge in [0, 0.05) is 6.04 Å². The summed E-state index contributed by atoms with van der Waals surface area (Å²) in [6.45, 7) is 4.31. The summed E-state index contributed by atoms with van der Waals surface area (Å²) >= 11 is 0. The lowest BCUT2D eigenvalue weighted by atomic mass is 9.96. The van der Waals surface area contributed by atoms with Gasteiger partial charge in [0.25, 0.3) is 0 Å². The van der Waals surface area contributed by atoms with Crippen molar-refractivity contribution in [3.05, 3.63) is 47.8 Å². The lowest BCUT2D eigenvalue weighted by Crippen LogP contribution is -2.40. The largest absolute Gasteiger partial charge is 0.437 e. The summed E-state index contributed by atoms with van der Waals surface area (Å²) in [6, 6.07) is 10.3. The van der Waals surface area contributed by atoms with Crippen LogP contribution in [0.15, 0.2) is 36.5 Å². The topological polar surface area (TPSA) is 69.0 Å². The van der Waals surface area contributed by atoms with Crippen molar-refractivity contribution in [3.63, 3.8) is 0 Å². The van der Waals surface area contributed by atoms with E-state index in [0.29, 0.717) is 12.2 Å². The van der Waals surface area contributed by atoms with Crippen molar-refractivity contribution in [1.29, 1.82) is 0 Å². The van der Waals surface area contributed by atoms with Crippen LogP contribution in [0.3, 0.4) is 0 Å². The van der Waals surface area contributed by atoms with Crippen LogP contribution >= 0.6 is 0 Å². The number of benzene rings is 1. The summed E-state index contributed by atoms with van der Waals surface area (Å²) in [5.41, 5.74) is 0.961. The normalized spacial score (nSPS) is 15.8. The first-order valence-corrected chi connectivity index (χ1v) is 8.97. The first kappa shape index (κ1) is 17.5. The van der Waals surface area contributed by atoms with Gasteiger partial charge in [-0.15, -0.1) is 5.10 Å². The molecule has 1 aromatic carbocycles. The Morgan fingerprint density at radius 3 is 2.68 bits per heavy atom. The van der Waals surface area contributed by atoms with Gasteiger partial charge in [-0.3, -0.25) is 0 Å². The fourth-order valence-electron chi connectivity index (χ4n) is 3.15. The molecule has 3 rings (SSSR count). The standard InChI is InChI=1S/C19H26N4O2/c1-19(2,25-18(24)20-16-11-7-4-8-12-16)17-14-23(22-21-17)13-15-9-5-3-6-10-15/h3,5-6,9-10,14,16H,4,7-8,11-13H2,1-2H3,(H,20,24). The highest BCUT2D eigenvalue weighted by Gasteiger charge is 2.30. The minimum absolute atomic E-state index is 0.228. The van der Waals surface area contributed by atoms with E-state index in [1.54, 1.807) is 4.68 Å². The van der Waals surface area contributed by atoms with Gasteiger partial charge in [0.15, 0.2) is 5.60 Å². The van der Waals surface area contributed by atoms with Crippen LogP contribution in [0.2, 0.25) is 0 Å². The van der Waals surface area contributed by atoms with Crippen molar-refractivity contribution in [2.75, 3.05) is 0 Å². The number of carbonyl (C=O) groups is 1. The Labute approximate surface area is 148 Å². The molecule has 134 valence electrons. The van der Waals surface area contributed by atoms with Crippen LogP contribution in [0.25, 0.3) is 0 Å². The van der Waals surface area contributed by atoms with Crippen molar-refractivity contribution < 1.29 is 9.53 Å². The maximum atomic E-state index is 12.2. The Kier molecular flexibility index (Phi) is 5.36. The maximum Gasteiger partial charge on any atom is 0.408 e. The fourth-order valence-corrected chi connectivity index (χ4v) is 3.15. The zero-order valence-electron chi connectivity index (χ0n) is 14.9. The van der Waals surface area contributed by atoms with E-state index in [4.69, 9.17) is 4.74 Å². The number of aromatic nitrogens is 3. The monoisotopic (exact) mass is 342 g/mol. The minimum Gasteiger partial charge on any atom is -0.437 e. The van der Waals surface area contributed by atoms with Gasteiger partial charge in [0.05, 0.1) is 12.7 Å². The second-order valence-electron chi connectivity index (χ2n) is 7.17. The Bertz CT molecular complexity index is 690. The number of carbonyl (C=O) groups excluding carboxylic acids is 1. The molecule has 0 spiro atoms. The Morgan fingerprint density at radius 2 is 1.96 bits per heavy atom. The van der Waals surface area contributed by atoms with Crippen LogP contribution in [0, 0.1) is 0 Å². The molecule has 6 nitrogen and oxygen atoms in total. The molecule has 0 atom stereocenters. The van der Waals surface area contributed by atoms with E-state index in [2.05, 4.69) is 15.6 Å². The molecule has 0 saturated heterocycles. The quantitative estimate of drug-likeness (QED) is 0.901. The second-order valence-corrected chi connectivity index (χ2v) is 7.17. The molecule has 1 fully saturated rings. The highest BCUT2D eigenvalue weighted by molar-refractivity contribution is 5.68. The molecule has 0 radical (unpaired) electrons. The molecule has 2 aromatic rings. The smallest absolute Gasteiger partial charge is 0.408 e. The number of ether oxygens (including phenoxy) is 1. The fraction of sp³-hybridized carbons (Fsp3) is 0.526. The molecule has 25 heavy (non-hydrogen) atoms. The first-order chi connectivity index (χ1) is 12.0. The Balaban J connectivity index is 1.58. The van der Waals surface area contributed by atoms with Crippen molar-refractivity contribution in [1.82, 2.24) is 20.3 Å². The van der Waals surface area contributed by atoms with Gasteiger partial charge in [-0.05, 0) is 32.3 Å². The summed E-state index contributed by atoms with van der Waals surface area (Å²) in [7, 11) is 0. The molecule has 1 N–H and O–H groups in total. The zero-order chi connectivity index (χ0) is 17.7. The van der Waals surface area contributed by atoms with Gasteiger partial charge < -0.3 is 10.1 Å². The van der Waals surface area contributed by atoms with E-state index in [-0.39, 0.29) is 12.1 Å².